The van der Waals surface area contributed by atoms with Crippen LogP contribution in [0.3, 0.4) is 0 Å². The predicted molar refractivity (Wildman–Crippen MR) is 620 cm³/mol. The number of pyridine rings is 1. The van der Waals surface area contributed by atoms with Crippen LogP contribution in [0.5, 0.6) is 0 Å². The first-order valence-corrected chi connectivity index (χ1v) is 50.7. The van der Waals surface area contributed by atoms with Crippen molar-refractivity contribution in [3.05, 3.63) is 529 Å². The van der Waals surface area contributed by atoms with Crippen LogP contribution in [0, 0.1) is 0 Å². The van der Waals surface area contributed by atoms with Gasteiger partial charge in [-0.25, -0.2) is 34.9 Å². The second kappa shape index (κ2) is 35.9. The third-order valence-electron chi connectivity index (χ3n) is 29.8. The highest BCUT2D eigenvalue weighted by molar-refractivity contribution is 6.27. The predicted octanol–water partition coefficient (Wildman–Crippen LogP) is 34.5. The Morgan fingerprint density at radius 1 is 0.113 bits per heavy atom. The van der Waals surface area contributed by atoms with Crippen LogP contribution in [0.4, 0.5) is 0 Å². The quantitative estimate of drug-likeness (QED) is 0.105. The molecule has 0 bridgehead atoms. The lowest BCUT2D eigenvalue weighted by Gasteiger charge is -2.12. The van der Waals surface area contributed by atoms with Gasteiger partial charge in [0.1, 0.15) is 0 Å². The molecule has 0 aliphatic carbocycles. The minimum atomic E-state index is 0.634. The second-order valence-corrected chi connectivity index (χ2v) is 38.3. The number of benzene rings is 21. The molecular formula is C137H87N13. The number of para-hydroxylation sites is 9. The summed E-state index contributed by atoms with van der Waals surface area (Å²) in [6, 6.07) is 174. The van der Waals surface area contributed by atoms with Crippen LogP contribution in [-0.2, 0) is 0 Å². The van der Waals surface area contributed by atoms with E-state index in [0.717, 1.165) is 128 Å². The molecule has 0 aliphatic rings. The highest BCUT2D eigenvalue weighted by Gasteiger charge is 2.26. The van der Waals surface area contributed by atoms with Crippen molar-refractivity contribution in [3.63, 3.8) is 0 Å². The van der Waals surface area contributed by atoms with Crippen molar-refractivity contribution in [2.45, 2.75) is 0 Å². The first-order chi connectivity index (χ1) is 74.4. The van der Waals surface area contributed by atoms with Gasteiger partial charge in [-0.1, -0.05) is 346 Å². The SMILES string of the molecule is c1ccc(-c2cccc(-c3cccc(-c4cnc(-n5c6ccccc6c6cc7c8ccccc8n(-c8ccccc8)c7cc65)nc4)c3)c2)cc1.c1ccc(-c2cccc(-c3cccc(-c4cnc(-n5c6ccccc6c6cc7c8ccccc8n(-c8ccccc8)c7cc65)nc4)c3)n2)cc1.c1ccc(-n2c3ccccc3c3cc4c5ccccc5n(-c5ncc(-c6ccc7c8ccccc8c8ccccc8c7c6)cn5)c4cc32)cc1. The molecule has 0 aliphatic heterocycles. The van der Waals surface area contributed by atoms with Gasteiger partial charge in [0.15, 0.2) is 0 Å². The van der Waals surface area contributed by atoms with Gasteiger partial charge in [0.05, 0.1) is 77.6 Å². The lowest BCUT2D eigenvalue weighted by atomic mass is 9.92. The highest BCUT2D eigenvalue weighted by Crippen LogP contribution is 2.47. The van der Waals surface area contributed by atoms with Gasteiger partial charge in [0.2, 0.25) is 17.8 Å². The van der Waals surface area contributed by atoms with E-state index >= 15 is 0 Å². The maximum absolute atomic E-state index is 5.04. The van der Waals surface area contributed by atoms with Gasteiger partial charge in [-0.2, -0.15) is 0 Å². The Bertz CT molecular complexity index is 10300. The summed E-state index contributed by atoms with van der Waals surface area (Å²) in [6.07, 6.45) is 11.7. The molecule has 13 heteroatoms. The van der Waals surface area contributed by atoms with Crippen molar-refractivity contribution in [3.8, 4) is 113 Å². The largest absolute Gasteiger partial charge is 0.309 e. The van der Waals surface area contributed by atoms with Gasteiger partial charge < -0.3 is 13.7 Å². The van der Waals surface area contributed by atoms with Crippen LogP contribution in [0.15, 0.2) is 529 Å². The molecule has 0 atom stereocenters. The van der Waals surface area contributed by atoms with Crippen molar-refractivity contribution in [2.24, 2.45) is 0 Å². The number of fused-ring (bicyclic) bond motifs is 24. The summed E-state index contributed by atoms with van der Waals surface area (Å²) in [4.78, 5) is 35.0. The number of hydrogen-bond acceptors (Lipinski definition) is 7. The lowest BCUT2D eigenvalue weighted by molar-refractivity contribution is 0.990. The molecule has 150 heavy (non-hydrogen) atoms. The molecular weight excluding hydrogens is 1830 g/mol. The molecule has 31 aromatic rings. The average Bonchev–Trinajstić information content (AvgIpc) is 1.55. The van der Waals surface area contributed by atoms with E-state index < -0.39 is 0 Å². The number of rotatable bonds is 13. The fourth-order valence-electron chi connectivity index (χ4n) is 23.0. The topological polar surface area (TPSA) is 120 Å². The standard InChI is InChI=1S/C46H28N4.C46H30N4.C45H29N5/c1-2-12-31(13-3-1)49-42-20-10-8-18-37(42)40-25-41-38-19-9-11-21-43(38)50(45(41)26-44(40)49)46-47-27-30(28-48-46)29-22-23-36-34-16-5-4-14-32(34)33-15-6-7-17-35(33)39(36)24-29;1-3-13-31(14-4-1)32-15-11-16-33(25-32)34-17-12-18-35(26-34)36-29-47-46(48-30-36)50-43-24-10-8-22-39(43)41-27-40-38-21-7-9-23-42(38)49(44(40)28-45(41)50)37-19-5-2-6-20-37;1-3-13-30(14-4-1)39-21-12-22-40(48-39)32-16-11-15-31(25-32)33-28-46-45(47-29-33)50-42-24-10-8-20-36(42)38-26-37-35-19-7-9-23-41(35)49(43(37)27-44(38)50)34-17-5-2-6-18-34/h1-28H;1-30H;1-29H. The third-order valence-corrected chi connectivity index (χ3v) is 29.8. The van der Waals surface area contributed by atoms with Crippen molar-refractivity contribution in [1.29, 1.82) is 0 Å². The zero-order valence-corrected chi connectivity index (χ0v) is 81.0. The van der Waals surface area contributed by atoms with Crippen LogP contribution in [0.1, 0.15) is 0 Å². The number of hydrogen-bond donors (Lipinski definition) is 0. The van der Waals surface area contributed by atoms with E-state index in [4.69, 9.17) is 34.9 Å². The van der Waals surface area contributed by atoms with Crippen molar-refractivity contribution in [2.75, 3.05) is 0 Å². The Hall–Kier alpha value is -20.4. The van der Waals surface area contributed by atoms with Crippen LogP contribution >= 0.6 is 0 Å². The Morgan fingerprint density at radius 3 is 0.667 bits per heavy atom. The third kappa shape index (κ3) is 14.6. The van der Waals surface area contributed by atoms with Gasteiger partial charge in [-0.05, 0) is 217 Å². The fourth-order valence-corrected chi connectivity index (χ4v) is 23.0. The van der Waals surface area contributed by atoms with Crippen LogP contribution in [0.2, 0.25) is 0 Å². The zero-order chi connectivity index (χ0) is 98.8. The van der Waals surface area contributed by atoms with Crippen LogP contribution in [-0.4, -0.2) is 62.3 Å². The van der Waals surface area contributed by atoms with Gasteiger partial charge in [0, 0.05) is 147 Å². The Balaban J connectivity index is 0.000000106. The Morgan fingerprint density at radius 2 is 0.333 bits per heavy atom. The molecule has 0 saturated carbocycles. The van der Waals surface area contributed by atoms with Gasteiger partial charge in [0.25, 0.3) is 0 Å². The normalized spacial score (nSPS) is 11.7. The van der Waals surface area contributed by atoms with Gasteiger partial charge in [-0.15, -0.1) is 0 Å². The summed E-state index contributed by atoms with van der Waals surface area (Å²) in [7, 11) is 0. The zero-order valence-electron chi connectivity index (χ0n) is 81.0. The monoisotopic (exact) mass is 1910 g/mol. The minimum Gasteiger partial charge on any atom is -0.309 e. The molecule has 10 aromatic heterocycles. The fraction of sp³-hybridized carbons (Fsp3) is 0. The van der Waals surface area contributed by atoms with Crippen molar-refractivity contribution >= 4 is 163 Å². The molecule has 31 rings (SSSR count). The molecule has 0 saturated heterocycles. The van der Waals surface area contributed by atoms with E-state index in [2.05, 4.69) is 501 Å². The number of nitrogens with zero attached hydrogens (tertiary/aromatic N) is 13. The molecule has 0 spiro atoms. The molecule has 0 amide bonds. The van der Waals surface area contributed by atoms with E-state index in [1.807, 2.05) is 55.4 Å². The summed E-state index contributed by atoms with van der Waals surface area (Å²) in [5, 5.41) is 22.0. The van der Waals surface area contributed by atoms with Crippen LogP contribution in [0.25, 0.3) is 276 Å². The molecule has 0 fully saturated rings. The van der Waals surface area contributed by atoms with E-state index in [1.54, 1.807) is 0 Å². The maximum atomic E-state index is 5.04. The summed E-state index contributed by atoms with van der Waals surface area (Å²) < 4.78 is 13.7. The summed E-state index contributed by atoms with van der Waals surface area (Å²) >= 11 is 0. The molecule has 700 valence electrons. The Kier molecular flexibility index (Phi) is 20.6. The maximum Gasteiger partial charge on any atom is 0.234 e. The Labute approximate surface area is 861 Å². The second-order valence-electron chi connectivity index (χ2n) is 38.3. The first kappa shape index (κ1) is 86.3. The smallest absolute Gasteiger partial charge is 0.234 e. The number of aromatic nitrogens is 13. The van der Waals surface area contributed by atoms with Crippen molar-refractivity contribution in [1.82, 2.24) is 62.3 Å². The molecule has 13 nitrogen and oxygen atoms in total. The molecule has 0 unspecified atom stereocenters. The van der Waals surface area contributed by atoms with E-state index in [-0.39, 0.29) is 0 Å². The highest BCUT2D eigenvalue weighted by atomic mass is 15.2. The van der Waals surface area contributed by atoms with Crippen molar-refractivity contribution < 1.29 is 0 Å². The average molecular weight is 1920 g/mol. The minimum absolute atomic E-state index is 0.634. The van der Waals surface area contributed by atoms with E-state index in [9.17, 15) is 0 Å². The van der Waals surface area contributed by atoms with Crippen LogP contribution < -0.4 is 0 Å². The first-order valence-electron chi connectivity index (χ1n) is 50.7. The molecule has 10 heterocycles. The molecule has 21 aromatic carbocycles. The van der Waals surface area contributed by atoms with Gasteiger partial charge >= 0.3 is 0 Å². The molecule has 0 radical (unpaired) electrons. The lowest BCUT2D eigenvalue weighted by Crippen LogP contribution is -2.01. The summed E-state index contributed by atoms with van der Waals surface area (Å²) in [5.41, 5.74) is 31.8. The van der Waals surface area contributed by atoms with E-state index in [1.165, 1.54) is 130 Å². The summed E-state index contributed by atoms with van der Waals surface area (Å²) in [6.45, 7) is 0. The molecule has 0 N–H and O–H groups in total. The van der Waals surface area contributed by atoms with E-state index in [0.29, 0.717) is 17.8 Å². The summed E-state index contributed by atoms with van der Waals surface area (Å²) in [5.74, 6) is 1.93. The van der Waals surface area contributed by atoms with Gasteiger partial charge in [-0.3, -0.25) is 13.7 Å².